The van der Waals surface area contributed by atoms with E-state index in [0.29, 0.717) is 19.6 Å². The van der Waals surface area contributed by atoms with Crippen LogP contribution in [0.1, 0.15) is 35.7 Å². The molecule has 2 amide bonds. The van der Waals surface area contributed by atoms with Crippen molar-refractivity contribution in [2.75, 3.05) is 13.1 Å². The van der Waals surface area contributed by atoms with E-state index in [1.807, 2.05) is 42.2 Å². The second kappa shape index (κ2) is 8.08. The smallest absolute Gasteiger partial charge is 0.257 e. The molecule has 136 valence electrons. The normalized spacial score (nSPS) is 17.9. The fourth-order valence-corrected chi connectivity index (χ4v) is 3.27. The summed E-state index contributed by atoms with van der Waals surface area (Å²) in [5.41, 5.74) is 1.05. The molecule has 5 nitrogen and oxygen atoms in total. The lowest BCUT2D eigenvalue weighted by molar-refractivity contribution is -0.133. The number of hydrogen-bond donors (Lipinski definition) is 0. The molecule has 2 aromatic rings. The molecule has 0 saturated carbocycles. The minimum absolute atomic E-state index is 0.00110. The molecule has 1 saturated heterocycles. The highest BCUT2D eigenvalue weighted by molar-refractivity contribution is 5.95. The second-order valence-electron chi connectivity index (χ2n) is 6.43. The highest BCUT2D eigenvalue weighted by atomic mass is 19.1. The van der Waals surface area contributed by atoms with Gasteiger partial charge in [0.2, 0.25) is 5.91 Å². The van der Waals surface area contributed by atoms with Gasteiger partial charge in [0.15, 0.2) is 5.82 Å². The maximum atomic E-state index is 13.9. The van der Waals surface area contributed by atoms with Crippen LogP contribution in [-0.4, -0.2) is 45.7 Å². The van der Waals surface area contributed by atoms with Gasteiger partial charge in [-0.1, -0.05) is 37.3 Å². The molecule has 1 aromatic carbocycles. The Morgan fingerprint density at radius 1 is 1.27 bits per heavy atom. The Bertz CT molecular complexity index is 782. The van der Waals surface area contributed by atoms with Crippen molar-refractivity contribution in [1.82, 2.24) is 14.8 Å². The first kappa shape index (κ1) is 18.0. The molecule has 0 N–H and O–H groups in total. The third-order valence-corrected chi connectivity index (χ3v) is 4.74. The average molecular weight is 355 g/mol. The second-order valence-corrected chi connectivity index (χ2v) is 6.43. The first-order valence-electron chi connectivity index (χ1n) is 8.82. The summed E-state index contributed by atoms with van der Waals surface area (Å²) < 4.78 is 13.9. The van der Waals surface area contributed by atoms with Crippen molar-refractivity contribution in [2.45, 2.75) is 32.4 Å². The molecule has 1 atom stereocenters. The van der Waals surface area contributed by atoms with Crippen molar-refractivity contribution in [2.24, 2.45) is 0 Å². The highest BCUT2D eigenvalue weighted by Gasteiger charge is 2.31. The van der Waals surface area contributed by atoms with Gasteiger partial charge in [0.1, 0.15) is 0 Å². The summed E-state index contributed by atoms with van der Waals surface area (Å²) in [4.78, 5) is 32.5. The average Bonchev–Trinajstić information content (AvgIpc) is 2.82. The number of carbonyl (C=O) groups excluding carboxylic acids is 2. The maximum Gasteiger partial charge on any atom is 0.257 e. The summed E-state index contributed by atoms with van der Waals surface area (Å²) >= 11 is 0. The molecule has 1 aliphatic rings. The summed E-state index contributed by atoms with van der Waals surface area (Å²) in [6.45, 7) is 3.21. The van der Waals surface area contributed by atoms with Gasteiger partial charge >= 0.3 is 0 Å². The van der Waals surface area contributed by atoms with Crippen molar-refractivity contribution >= 4 is 11.8 Å². The summed E-state index contributed by atoms with van der Waals surface area (Å²) in [5.74, 6) is -1.01. The number of aromatic nitrogens is 1. The fraction of sp³-hybridized carbons (Fsp3) is 0.350. The summed E-state index contributed by atoms with van der Waals surface area (Å²) in [5, 5.41) is 0. The van der Waals surface area contributed by atoms with Gasteiger partial charge in [0.05, 0.1) is 11.8 Å². The van der Waals surface area contributed by atoms with Gasteiger partial charge in [0, 0.05) is 38.3 Å². The molecule has 2 heterocycles. The molecule has 0 spiro atoms. The Hall–Kier alpha value is -2.76. The van der Waals surface area contributed by atoms with Gasteiger partial charge in [-0.2, -0.15) is 0 Å². The third kappa shape index (κ3) is 3.90. The summed E-state index contributed by atoms with van der Waals surface area (Å²) in [7, 11) is 0. The lowest BCUT2D eigenvalue weighted by Gasteiger charge is -2.31. The van der Waals surface area contributed by atoms with E-state index in [1.54, 1.807) is 4.90 Å². The van der Waals surface area contributed by atoms with Crippen molar-refractivity contribution in [3.8, 4) is 0 Å². The molecule has 6 heteroatoms. The zero-order chi connectivity index (χ0) is 18.5. The lowest BCUT2D eigenvalue weighted by Crippen LogP contribution is -2.43. The molecule has 26 heavy (non-hydrogen) atoms. The highest BCUT2D eigenvalue weighted by Crippen LogP contribution is 2.20. The van der Waals surface area contributed by atoms with Crippen LogP contribution < -0.4 is 0 Å². The van der Waals surface area contributed by atoms with E-state index in [0.717, 1.165) is 18.2 Å². The molecule has 1 fully saturated rings. The van der Waals surface area contributed by atoms with Gasteiger partial charge in [-0.05, 0) is 18.1 Å². The molecule has 3 rings (SSSR count). The van der Waals surface area contributed by atoms with E-state index in [-0.39, 0.29) is 23.9 Å². The fourth-order valence-electron chi connectivity index (χ4n) is 3.27. The van der Waals surface area contributed by atoms with E-state index in [9.17, 15) is 14.0 Å². The van der Waals surface area contributed by atoms with Crippen molar-refractivity contribution in [3.05, 3.63) is 65.7 Å². The number of pyridine rings is 1. The first-order valence-corrected chi connectivity index (χ1v) is 8.82. The number of halogens is 1. The monoisotopic (exact) mass is 355 g/mol. The maximum absolute atomic E-state index is 13.9. The van der Waals surface area contributed by atoms with Crippen LogP contribution in [0.4, 0.5) is 4.39 Å². The van der Waals surface area contributed by atoms with Crippen LogP contribution in [0.3, 0.4) is 0 Å². The number of amides is 2. The zero-order valence-corrected chi connectivity index (χ0v) is 14.8. The van der Waals surface area contributed by atoms with Crippen molar-refractivity contribution < 1.29 is 14.0 Å². The van der Waals surface area contributed by atoms with Crippen LogP contribution in [0.15, 0.2) is 48.8 Å². The van der Waals surface area contributed by atoms with Crippen molar-refractivity contribution in [3.63, 3.8) is 0 Å². The van der Waals surface area contributed by atoms with Crippen molar-refractivity contribution in [1.29, 1.82) is 0 Å². The predicted molar refractivity (Wildman–Crippen MR) is 95.8 cm³/mol. The molecule has 0 bridgehead atoms. The third-order valence-electron chi connectivity index (χ3n) is 4.74. The largest absolute Gasteiger partial charge is 0.336 e. The van der Waals surface area contributed by atoms with E-state index in [4.69, 9.17) is 0 Å². The molecular formula is C20H22FN3O2. The quantitative estimate of drug-likeness (QED) is 0.847. The molecule has 1 aliphatic heterocycles. The van der Waals surface area contributed by atoms with Crippen LogP contribution in [0, 0.1) is 5.82 Å². The lowest BCUT2D eigenvalue weighted by atomic mass is 10.1. The minimum atomic E-state index is -0.637. The summed E-state index contributed by atoms with van der Waals surface area (Å²) in [6, 6.07) is 11.1. The predicted octanol–water partition coefficient (Wildman–Crippen LogP) is 2.87. The van der Waals surface area contributed by atoms with E-state index < -0.39 is 11.7 Å². The topological polar surface area (TPSA) is 53.5 Å². The Balaban J connectivity index is 1.80. The van der Waals surface area contributed by atoms with E-state index in [2.05, 4.69) is 4.98 Å². The Morgan fingerprint density at radius 3 is 2.73 bits per heavy atom. The standard InChI is InChI=1S/C20H22FN3O2/c1-2-16-14-23(20(26)17-8-10-22-12-18(17)21)11-9-19(25)24(16)13-15-6-4-3-5-7-15/h3-8,10,12,16H,2,9,11,13-14H2,1H3/t16-/m0/s1. The molecule has 0 radical (unpaired) electrons. The van der Waals surface area contributed by atoms with Crippen LogP contribution in [-0.2, 0) is 11.3 Å². The van der Waals surface area contributed by atoms with Gasteiger partial charge in [-0.25, -0.2) is 4.39 Å². The number of rotatable bonds is 4. The molecule has 1 aromatic heterocycles. The van der Waals surface area contributed by atoms with Crippen LogP contribution in [0.25, 0.3) is 0 Å². The Labute approximate surface area is 152 Å². The molecule has 0 unspecified atom stereocenters. The number of carbonyl (C=O) groups is 2. The number of benzene rings is 1. The van der Waals surface area contributed by atoms with E-state index in [1.165, 1.54) is 12.3 Å². The van der Waals surface area contributed by atoms with E-state index >= 15 is 0 Å². The van der Waals surface area contributed by atoms with Gasteiger partial charge < -0.3 is 9.80 Å². The van der Waals surface area contributed by atoms with Gasteiger partial charge in [-0.15, -0.1) is 0 Å². The summed E-state index contributed by atoms with van der Waals surface area (Å²) in [6.07, 6.45) is 3.40. The minimum Gasteiger partial charge on any atom is -0.336 e. The number of nitrogens with zero attached hydrogens (tertiary/aromatic N) is 3. The Kier molecular flexibility index (Phi) is 5.61. The SMILES string of the molecule is CC[C@H]1CN(C(=O)c2ccncc2F)CCC(=O)N1Cc1ccccc1. The van der Waals surface area contributed by atoms with Crippen LogP contribution in [0.5, 0.6) is 0 Å². The molecular weight excluding hydrogens is 333 g/mol. The first-order chi connectivity index (χ1) is 12.6. The molecule has 0 aliphatic carbocycles. The zero-order valence-electron chi connectivity index (χ0n) is 14.8. The van der Waals surface area contributed by atoms with Gasteiger partial charge in [0.25, 0.3) is 5.91 Å². The van der Waals surface area contributed by atoms with Gasteiger partial charge in [-0.3, -0.25) is 14.6 Å². The van der Waals surface area contributed by atoms with Crippen LogP contribution >= 0.6 is 0 Å². The van der Waals surface area contributed by atoms with Crippen LogP contribution in [0.2, 0.25) is 0 Å². The number of hydrogen-bond acceptors (Lipinski definition) is 3. The Morgan fingerprint density at radius 2 is 2.04 bits per heavy atom.